The summed E-state index contributed by atoms with van der Waals surface area (Å²) in [4.78, 5) is 0. The number of hydrogen-bond donors (Lipinski definition) is 0. The van der Waals surface area contributed by atoms with Gasteiger partial charge in [-0.3, -0.25) is 4.21 Å². The van der Waals surface area contributed by atoms with Crippen LogP contribution in [0.15, 0.2) is 12.1 Å². The zero-order chi connectivity index (χ0) is 14.0. The van der Waals surface area contributed by atoms with Crippen LogP contribution in [0.1, 0.15) is 54.9 Å². The Hall–Kier alpha value is -0.670. The maximum absolute atomic E-state index is 11.3. The predicted molar refractivity (Wildman–Crippen MR) is 79.1 cm³/mol. The highest BCUT2D eigenvalue weighted by molar-refractivity contribution is 7.81. The van der Waals surface area contributed by atoms with E-state index in [0.29, 0.717) is 6.42 Å². The summed E-state index contributed by atoms with van der Waals surface area (Å²) in [6.45, 7) is 6.43. The van der Waals surface area contributed by atoms with E-state index in [1.807, 2.05) is 0 Å². The van der Waals surface area contributed by atoms with Gasteiger partial charge in [0.2, 0.25) is 0 Å². The molecule has 1 aliphatic carbocycles. The smallest absolute Gasteiger partial charge is 0.0369 e. The SMILES string of the molecule is CCCCc1cc(C)c(CC2(S(=O)[O-])CC2)c(C)c1. The third-order valence-corrected chi connectivity index (χ3v) is 5.49. The second-order valence-corrected chi connectivity index (χ2v) is 7.24. The molecule has 1 unspecified atom stereocenters. The molecule has 1 fully saturated rings. The van der Waals surface area contributed by atoms with Crippen LogP contribution in [0.5, 0.6) is 0 Å². The lowest BCUT2D eigenvalue weighted by atomic mass is 9.93. The standard InChI is InChI=1S/C16H24O2S/c1-4-5-6-14-9-12(2)15(13(3)10-14)11-16(7-8-16)19(17)18/h9-10H,4-8,11H2,1-3H3,(H,17,18)/p-1. The first kappa shape index (κ1) is 14.7. The zero-order valence-electron chi connectivity index (χ0n) is 12.1. The fourth-order valence-electron chi connectivity index (χ4n) is 2.75. The molecule has 2 nitrogen and oxygen atoms in total. The van der Waals surface area contributed by atoms with Gasteiger partial charge in [0.1, 0.15) is 0 Å². The third kappa shape index (κ3) is 3.26. The van der Waals surface area contributed by atoms with Gasteiger partial charge in [-0.1, -0.05) is 25.5 Å². The minimum absolute atomic E-state index is 0.458. The lowest BCUT2D eigenvalue weighted by Crippen LogP contribution is -2.20. The molecule has 0 saturated heterocycles. The summed E-state index contributed by atoms with van der Waals surface area (Å²) in [5.41, 5.74) is 5.13. The van der Waals surface area contributed by atoms with E-state index in [1.54, 1.807) is 0 Å². The average molecular weight is 279 g/mol. The van der Waals surface area contributed by atoms with Crippen LogP contribution in [0.25, 0.3) is 0 Å². The summed E-state index contributed by atoms with van der Waals surface area (Å²) < 4.78 is 22.2. The van der Waals surface area contributed by atoms with Crippen molar-refractivity contribution in [3.05, 3.63) is 34.4 Å². The van der Waals surface area contributed by atoms with Crippen molar-refractivity contribution in [2.24, 2.45) is 0 Å². The van der Waals surface area contributed by atoms with Gasteiger partial charge in [-0.2, -0.15) is 0 Å². The molecule has 1 aromatic carbocycles. The Morgan fingerprint density at radius 1 is 1.26 bits per heavy atom. The molecule has 0 N–H and O–H groups in total. The van der Waals surface area contributed by atoms with Crippen LogP contribution in [-0.2, 0) is 23.9 Å². The van der Waals surface area contributed by atoms with E-state index >= 15 is 0 Å². The molecule has 1 saturated carbocycles. The van der Waals surface area contributed by atoms with E-state index in [1.165, 1.54) is 35.1 Å². The van der Waals surface area contributed by atoms with Gasteiger partial charge in [0.05, 0.1) is 0 Å². The summed E-state index contributed by atoms with van der Waals surface area (Å²) in [5.74, 6) is 0. The fourth-order valence-corrected chi connectivity index (χ4v) is 3.45. The first-order valence-corrected chi connectivity index (χ1v) is 8.24. The monoisotopic (exact) mass is 279 g/mol. The summed E-state index contributed by atoms with van der Waals surface area (Å²) in [5, 5.41) is 0. The van der Waals surface area contributed by atoms with Crippen molar-refractivity contribution < 1.29 is 8.76 Å². The molecule has 3 heteroatoms. The molecular formula is C16H23O2S-. The van der Waals surface area contributed by atoms with E-state index in [-0.39, 0.29) is 0 Å². The minimum Gasteiger partial charge on any atom is -0.772 e. The van der Waals surface area contributed by atoms with E-state index < -0.39 is 15.8 Å². The van der Waals surface area contributed by atoms with Crippen molar-refractivity contribution in [1.29, 1.82) is 0 Å². The van der Waals surface area contributed by atoms with Crippen LogP contribution in [0.2, 0.25) is 0 Å². The largest absolute Gasteiger partial charge is 0.772 e. The maximum atomic E-state index is 11.3. The van der Waals surface area contributed by atoms with Gasteiger partial charge in [0.25, 0.3) is 0 Å². The van der Waals surface area contributed by atoms with Crippen molar-refractivity contribution in [3.8, 4) is 0 Å². The van der Waals surface area contributed by atoms with E-state index in [4.69, 9.17) is 0 Å². The molecule has 0 amide bonds. The number of hydrogen-bond acceptors (Lipinski definition) is 2. The average Bonchev–Trinajstić information content (AvgIpc) is 3.12. The van der Waals surface area contributed by atoms with E-state index in [9.17, 15) is 8.76 Å². The topological polar surface area (TPSA) is 40.1 Å². The molecule has 1 atom stereocenters. The highest BCUT2D eigenvalue weighted by atomic mass is 32.2. The molecule has 1 aromatic rings. The summed E-state index contributed by atoms with van der Waals surface area (Å²) in [7, 11) is 0. The highest BCUT2D eigenvalue weighted by Crippen LogP contribution is 2.44. The molecular weight excluding hydrogens is 256 g/mol. The second-order valence-electron chi connectivity index (χ2n) is 5.91. The Morgan fingerprint density at radius 2 is 1.84 bits per heavy atom. The third-order valence-electron chi connectivity index (χ3n) is 4.24. The van der Waals surface area contributed by atoms with Crippen LogP contribution in [0, 0.1) is 13.8 Å². The molecule has 106 valence electrons. The van der Waals surface area contributed by atoms with Gasteiger partial charge in [0, 0.05) is 4.75 Å². The predicted octanol–water partition coefficient (Wildman–Crippen LogP) is 3.60. The normalized spacial score (nSPS) is 18.3. The molecule has 1 aliphatic rings. The van der Waals surface area contributed by atoms with E-state index in [2.05, 4.69) is 32.9 Å². The summed E-state index contributed by atoms with van der Waals surface area (Å²) >= 11 is -1.94. The first-order chi connectivity index (χ1) is 8.98. The summed E-state index contributed by atoms with van der Waals surface area (Å²) in [6, 6.07) is 4.48. The number of unbranched alkanes of at least 4 members (excludes halogenated alkanes) is 1. The zero-order valence-corrected chi connectivity index (χ0v) is 12.9. The molecule has 0 radical (unpaired) electrons. The van der Waals surface area contributed by atoms with Crippen molar-refractivity contribution >= 4 is 11.1 Å². The molecule has 0 aromatic heterocycles. The Bertz CT molecular complexity index is 467. The fraction of sp³-hybridized carbons (Fsp3) is 0.625. The molecule has 19 heavy (non-hydrogen) atoms. The van der Waals surface area contributed by atoms with Crippen LogP contribution in [0.4, 0.5) is 0 Å². The Kier molecular flexibility index (Phi) is 4.46. The quantitative estimate of drug-likeness (QED) is 0.746. The number of rotatable bonds is 6. The molecule has 0 heterocycles. The Balaban J connectivity index is 2.20. The maximum Gasteiger partial charge on any atom is 0.0369 e. The van der Waals surface area contributed by atoms with Gasteiger partial charge < -0.3 is 4.55 Å². The first-order valence-electron chi connectivity index (χ1n) is 7.17. The minimum atomic E-state index is -1.94. The molecule has 0 aliphatic heterocycles. The van der Waals surface area contributed by atoms with Crippen molar-refractivity contribution in [2.45, 2.75) is 64.0 Å². The lowest BCUT2D eigenvalue weighted by molar-refractivity contribution is 0.517. The van der Waals surface area contributed by atoms with Crippen LogP contribution >= 0.6 is 0 Å². The summed E-state index contributed by atoms with van der Waals surface area (Å²) in [6.07, 6.45) is 5.87. The Morgan fingerprint density at radius 3 is 2.26 bits per heavy atom. The van der Waals surface area contributed by atoms with Crippen molar-refractivity contribution in [2.75, 3.05) is 0 Å². The van der Waals surface area contributed by atoms with Crippen LogP contribution in [-0.4, -0.2) is 13.5 Å². The van der Waals surface area contributed by atoms with Crippen molar-refractivity contribution in [3.63, 3.8) is 0 Å². The number of benzene rings is 1. The van der Waals surface area contributed by atoms with Gasteiger partial charge >= 0.3 is 0 Å². The molecule has 0 bridgehead atoms. The molecule has 0 spiro atoms. The van der Waals surface area contributed by atoms with Crippen LogP contribution < -0.4 is 0 Å². The second kappa shape index (κ2) is 5.76. The van der Waals surface area contributed by atoms with Gasteiger partial charge in [-0.25, -0.2) is 0 Å². The van der Waals surface area contributed by atoms with Crippen LogP contribution in [0.3, 0.4) is 0 Å². The van der Waals surface area contributed by atoms with E-state index in [0.717, 1.165) is 19.3 Å². The van der Waals surface area contributed by atoms with Gasteiger partial charge in [-0.15, -0.1) is 0 Å². The lowest BCUT2D eigenvalue weighted by Gasteiger charge is -2.21. The molecule has 2 rings (SSSR count). The Labute approximate surface area is 118 Å². The van der Waals surface area contributed by atoms with Gasteiger partial charge in [0.15, 0.2) is 0 Å². The highest BCUT2D eigenvalue weighted by Gasteiger charge is 2.44. The van der Waals surface area contributed by atoms with Gasteiger partial charge in [-0.05, 0) is 79.3 Å². The van der Waals surface area contributed by atoms with Crippen molar-refractivity contribution in [1.82, 2.24) is 0 Å². The number of aryl methyl sites for hydroxylation is 3.